The molecule has 0 atom stereocenters. The summed E-state index contributed by atoms with van der Waals surface area (Å²) in [4.78, 5) is 9.40. The first-order valence-corrected chi connectivity index (χ1v) is 6.66. The molecule has 4 heterocycles. The molecule has 4 nitrogen and oxygen atoms in total. The van der Waals surface area contributed by atoms with Crippen molar-refractivity contribution in [2.75, 3.05) is 0 Å². The number of imidazole rings is 1. The lowest BCUT2D eigenvalue weighted by atomic mass is 10.2. The van der Waals surface area contributed by atoms with Crippen molar-refractivity contribution in [1.82, 2.24) is 18.9 Å². The summed E-state index contributed by atoms with van der Waals surface area (Å²) in [5.74, 6) is 1.21. The van der Waals surface area contributed by atoms with Gasteiger partial charge in [-0.2, -0.15) is 0 Å². The van der Waals surface area contributed by atoms with Crippen molar-refractivity contribution >= 4 is 27.6 Å². The first-order chi connectivity index (χ1) is 9.42. The van der Waals surface area contributed by atoms with Gasteiger partial charge in [-0.3, -0.25) is 4.98 Å². The van der Waals surface area contributed by atoms with Crippen molar-refractivity contribution in [3.8, 4) is 0 Å². The molecule has 0 unspecified atom stereocenters. The van der Waals surface area contributed by atoms with E-state index in [9.17, 15) is 0 Å². The van der Waals surface area contributed by atoms with Crippen LogP contribution in [0.25, 0.3) is 27.6 Å². The van der Waals surface area contributed by atoms with Crippen molar-refractivity contribution < 1.29 is 0 Å². The third-order valence-electron chi connectivity index (χ3n) is 4.09. The molecule has 19 heavy (non-hydrogen) atoms. The lowest BCUT2D eigenvalue weighted by molar-refractivity contribution is 0.772. The number of nitrogens with zero attached hydrogens (tertiary/aromatic N) is 4. The molecule has 5 rings (SSSR count). The van der Waals surface area contributed by atoms with Gasteiger partial charge >= 0.3 is 0 Å². The maximum Gasteiger partial charge on any atom is 0.113 e. The van der Waals surface area contributed by atoms with E-state index in [-0.39, 0.29) is 0 Å². The van der Waals surface area contributed by atoms with Gasteiger partial charge < -0.3 is 8.97 Å². The number of rotatable bonds is 0. The van der Waals surface area contributed by atoms with E-state index < -0.39 is 0 Å². The Balaban J connectivity index is 2.07. The van der Waals surface area contributed by atoms with Gasteiger partial charge in [0, 0.05) is 19.2 Å². The lowest BCUT2D eigenvalue weighted by Crippen LogP contribution is -1.95. The number of aromatic nitrogens is 4. The Labute approximate surface area is 109 Å². The molecule has 0 fully saturated rings. The number of hydrogen-bond acceptors (Lipinski definition) is 2. The first kappa shape index (κ1) is 9.55. The van der Waals surface area contributed by atoms with Crippen molar-refractivity contribution in [1.29, 1.82) is 0 Å². The summed E-state index contributed by atoms with van der Waals surface area (Å²) >= 11 is 0. The van der Waals surface area contributed by atoms with Gasteiger partial charge in [0.1, 0.15) is 11.3 Å². The normalized spacial score (nSPS) is 14.7. The summed E-state index contributed by atoms with van der Waals surface area (Å²) in [5, 5.41) is 0. The maximum absolute atomic E-state index is 4.72. The van der Waals surface area contributed by atoms with E-state index in [4.69, 9.17) is 4.98 Å². The van der Waals surface area contributed by atoms with Gasteiger partial charge in [-0.05, 0) is 30.7 Å². The van der Waals surface area contributed by atoms with Gasteiger partial charge in [0.15, 0.2) is 0 Å². The zero-order chi connectivity index (χ0) is 12.4. The Morgan fingerprint density at radius 2 is 2.16 bits per heavy atom. The Bertz CT molecular complexity index is 945. The van der Waals surface area contributed by atoms with Gasteiger partial charge in [0.05, 0.1) is 28.3 Å². The third-order valence-corrected chi connectivity index (χ3v) is 4.09. The summed E-state index contributed by atoms with van der Waals surface area (Å²) < 4.78 is 4.52. The van der Waals surface area contributed by atoms with Crippen LogP contribution in [0.4, 0.5) is 0 Å². The predicted octanol–water partition coefficient (Wildman–Crippen LogP) is 2.78. The molecule has 1 aliphatic rings. The van der Waals surface area contributed by atoms with Crippen molar-refractivity contribution in [2.45, 2.75) is 19.4 Å². The molecule has 0 radical (unpaired) electrons. The molecule has 0 bridgehead atoms. The molecule has 4 heteroatoms. The Morgan fingerprint density at radius 3 is 3.16 bits per heavy atom. The van der Waals surface area contributed by atoms with E-state index in [2.05, 4.69) is 44.4 Å². The molecule has 92 valence electrons. The Morgan fingerprint density at radius 1 is 1.16 bits per heavy atom. The average Bonchev–Trinajstić information content (AvgIpc) is 3.12. The van der Waals surface area contributed by atoms with Crippen LogP contribution in [-0.4, -0.2) is 18.9 Å². The minimum Gasteiger partial charge on any atom is -0.326 e. The second kappa shape index (κ2) is 3.15. The van der Waals surface area contributed by atoms with Crippen LogP contribution in [0.5, 0.6) is 0 Å². The summed E-state index contributed by atoms with van der Waals surface area (Å²) in [7, 11) is 0. The summed E-state index contributed by atoms with van der Waals surface area (Å²) in [6.45, 7) is 1.07. The minimum atomic E-state index is 1.06. The van der Waals surface area contributed by atoms with E-state index >= 15 is 0 Å². The molecular formula is C15H12N4. The molecule has 1 aromatic carbocycles. The van der Waals surface area contributed by atoms with Gasteiger partial charge in [-0.15, -0.1) is 0 Å². The molecular weight excluding hydrogens is 236 g/mol. The van der Waals surface area contributed by atoms with Gasteiger partial charge in [-0.1, -0.05) is 0 Å². The highest BCUT2D eigenvalue weighted by molar-refractivity contribution is 6.01. The fourth-order valence-electron chi connectivity index (χ4n) is 3.24. The zero-order valence-electron chi connectivity index (χ0n) is 10.4. The molecule has 1 aliphatic heterocycles. The second-order valence-corrected chi connectivity index (χ2v) is 5.15. The lowest BCUT2D eigenvalue weighted by Gasteiger charge is -2.05. The highest BCUT2D eigenvalue weighted by atomic mass is 15.1. The third kappa shape index (κ3) is 1.09. The molecule has 0 N–H and O–H groups in total. The van der Waals surface area contributed by atoms with Crippen LogP contribution in [0.15, 0.2) is 36.7 Å². The summed E-state index contributed by atoms with van der Waals surface area (Å²) in [6.07, 6.45) is 6.31. The highest BCUT2D eigenvalue weighted by Crippen LogP contribution is 2.28. The smallest absolute Gasteiger partial charge is 0.113 e. The molecule has 0 aliphatic carbocycles. The summed E-state index contributed by atoms with van der Waals surface area (Å²) in [5.41, 5.74) is 5.61. The van der Waals surface area contributed by atoms with Gasteiger partial charge in [0.25, 0.3) is 0 Å². The molecule has 3 aromatic heterocycles. The van der Waals surface area contributed by atoms with E-state index in [1.54, 1.807) is 0 Å². The minimum absolute atomic E-state index is 1.06. The van der Waals surface area contributed by atoms with Gasteiger partial charge in [-0.25, -0.2) is 4.98 Å². The maximum atomic E-state index is 4.72. The second-order valence-electron chi connectivity index (χ2n) is 5.15. The number of hydrogen-bond donors (Lipinski definition) is 0. The fraction of sp³-hybridized carbons (Fsp3) is 0.200. The van der Waals surface area contributed by atoms with E-state index in [0.717, 1.165) is 35.0 Å². The Hall–Kier alpha value is -2.36. The predicted molar refractivity (Wildman–Crippen MR) is 74.3 cm³/mol. The van der Waals surface area contributed by atoms with Gasteiger partial charge in [0.2, 0.25) is 0 Å². The van der Waals surface area contributed by atoms with Crippen molar-refractivity contribution in [2.24, 2.45) is 0 Å². The fourth-order valence-corrected chi connectivity index (χ4v) is 3.24. The molecule has 0 amide bonds. The van der Waals surface area contributed by atoms with Crippen LogP contribution in [0.2, 0.25) is 0 Å². The van der Waals surface area contributed by atoms with Crippen LogP contribution in [0.1, 0.15) is 12.2 Å². The average molecular weight is 248 g/mol. The Kier molecular flexibility index (Phi) is 1.58. The monoisotopic (exact) mass is 248 g/mol. The van der Waals surface area contributed by atoms with Crippen molar-refractivity contribution in [3.05, 3.63) is 42.5 Å². The van der Waals surface area contributed by atoms with Crippen LogP contribution < -0.4 is 0 Å². The summed E-state index contributed by atoms with van der Waals surface area (Å²) in [6, 6.07) is 8.38. The van der Waals surface area contributed by atoms with Crippen LogP contribution >= 0.6 is 0 Å². The van der Waals surface area contributed by atoms with Crippen LogP contribution in [0.3, 0.4) is 0 Å². The first-order valence-electron chi connectivity index (χ1n) is 6.66. The zero-order valence-corrected chi connectivity index (χ0v) is 10.4. The molecule has 0 spiro atoms. The molecule has 0 saturated heterocycles. The number of fused-ring (bicyclic) bond motifs is 7. The highest BCUT2D eigenvalue weighted by Gasteiger charge is 2.18. The number of benzene rings is 1. The molecule has 0 saturated carbocycles. The van der Waals surface area contributed by atoms with E-state index in [0.29, 0.717) is 0 Å². The van der Waals surface area contributed by atoms with Crippen LogP contribution in [0, 0.1) is 0 Å². The standard InChI is InChI=1S/C15H12N4/c1-3-10-9-16-14-12(18(10)7-1)6-5-11-15(14)19-8-2-4-13(19)17-11/h1,3,5-7,9H,2,4,8H2. The topological polar surface area (TPSA) is 35.1 Å². The van der Waals surface area contributed by atoms with E-state index in [1.807, 2.05) is 6.20 Å². The SMILES string of the molecule is c1cc2cnc3c4c(ccc3n2c1)nc1n4CCC1. The molecule has 4 aromatic rings. The largest absolute Gasteiger partial charge is 0.326 e. The quantitative estimate of drug-likeness (QED) is 0.479. The van der Waals surface area contributed by atoms with Crippen molar-refractivity contribution in [3.63, 3.8) is 0 Å². The van der Waals surface area contributed by atoms with E-state index in [1.165, 1.54) is 17.8 Å². The van der Waals surface area contributed by atoms with Crippen LogP contribution in [-0.2, 0) is 13.0 Å². The number of aryl methyl sites for hydroxylation is 2.